The van der Waals surface area contributed by atoms with Crippen molar-refractivity contribution in [3.05, 3.63) is 0 Å². The summed E-state index contributed by atoms with van der Waals surface area (Å²) in [5, 5.41) is 0.00834. The fraction of sp³-hybridized carbons (Fsp3) is 1.00. The van der Waals surface area contributed by atoms with Gasteiger partial charge in [0, 0.05) is 25.0 Å². The quantitative estimate of drug-likeness (QED) is 0.289. The van der Waals surface area contributed by atoms with E-state index in [1.54, 1.807) is 0 Å². The Labute approximate surface area is 187 Å². The van der Waals surface area contributed by atoms with Crippen LogP contribution in [0.2, 0.25) is 57.5 Å². The Morgan fingerprint density at radius 3 is 1.21 bits per heavy atom. The summed E-state index contributed by atoms with van der Waals surface area (Å²) in [6.07, 6.45) is 0. The second kappa shape index (κ2) is 13.5. The van der Waals surface area contributed by atoms with Gasteiger partial charge >= 0.3 is 17.9 Å². The highest BCUT2D eigenvalue weighted by atomic mass is 28.5. The van der Waals surface area contributed by atoms with Crippen LogP contribution in [0.4, 0.5) is 0 Å². The van der Waals surface area contributed by atoms with Gasteiger partial charge < -0.3 is 29.7 Å². The van der Waals surface area contributed by atoms with E-state index in [4.69, 9.17) is 29.7 Å². The fourth-order valence-electron chi connectivity index (χ4n) is 2.96. The standard InChI is InChI=1S/C16H46O7Si6/c1-13-17-28(18-14-2,19-15-3)16(4)27(11,12)23-29(20-24(5)6,21-25(7)8)22-26(9)10/h16,24-26H,13-15H2,1-12H3. The number of rotatable bonds is 16. The zero-order valence-electron chi connectivity index (χ0n) is 20.8. The van der Waals surface area contributed by atoms with Crippen molar-refractivity contribution in [2.24, 2.45) is 0 Å². The predicted molar refractivity (Wildman–Crippen MR) is 134 cm³/mol. The van der Waals surface area contributed by atoms with Gasteiger partial charge in [-0.2, -0.15) is 0 Å². The van der Waals surface area contributed by atoms with E-state index in [1.165, 1.54) is 0 Å². The SMILES string of the molecule is CCO[Si](OCC)(OCC)C(C)[Si](C)(C)O[Si](O[SiH](C)C)(O[SiH](C)C)O[SiH](C)C. The van der Waals surface area contributed by atoms with Crippen LogP contribution >= 0.6 is 0 Å². The maximum Gasteiger partial charge on any atom is 0.636 e. The second-order valence-electron chi connectivity index (χ2n) is 8.33. The van der Waals surface area contributed by atoms with Crippen LogP contribution in [-0.2, 0) is 29.7 Å². The molecule has 0 radical (unpaired) electrons. The molecule has 7 nitrogen and oxygen atoms in total. The third-order valence-electron chi connectivity index (χ3n) is 4.14. The molecule has 13 heteroatoms. The lowest BCUT2D eigenvalue weighted by molar-refractivity contribution is 0.0665. The van der Waals surface area contributed by atoms with E-state index >= 15 is 0 Å². The summed E-state index contributed by atoms with van der Waals surface area (Å²) in [7, 11) is -12.9. The summed E-state index contributed by atoms with van der Waals surface area (Å²) in [6.45, 7) is 26.9. The summed E-state index contributed by atoms with van der Waals surface area (Å²) in [5.41, 5.74) is 0. The summed E-state index contributed by atoms with van der Waals surface area (Å²) < 4.78 is 44.8. The molecule has 1 unspecified atom stereocenters. The Bertz CT molecular complexity index is 410. The fourth-order valence-corrected chi connectivity index (χ4v) is 24.1. The van der Waals surface area contributed by atoms with E-state index in [1.807, 2.05) is 20.8 Å². The smallest absolute Gasteiger partial charge is 0.399 e. The van der Waals surface area contributed by atoms with Crippen LogP contribution in [0.25, 0.3) is 0 Å². The van der Waals surface area contributed by atoms with Crippen LogP contribution in [0.5, 0.6) is 0 Å². The minimum absolute atomic E-state index is 0.00834. The van der Waals surface area contributed by atoms with Gasteiger partial charge in [0.25, 0.3) is 0 Å². The highest BCUT2D eigenvalue weighted by Gasteiger charge is 2.60. The lowest BCUT2D eigenvalue weighted by atomic mass is 10.9. The van der Waals surface area contributed by atoms with Crippen molar-refractivity contribution in [1.82, 2.24) is 0 Å². The van der Waals surface area contributed by atoms with E-state index < -0.39 is 53.3 Å². The van der Waals surface area contributed by atoms with Crippen molar-refractivity contribution >= 4 is 53.3 Å². The maximum absolute atomic E-state index is 6.87. The van der Waals surface area contributed by atoms with E-state index in [0.29, 0.717) is 19.8 Å². The Kier molecular flexibility index (Phi) is 14.0. The third-order valence-corrected chi connectivity index (χ3v) is 24.7. The summed E-state index contributed by atoms with van der Waals surface area (Å²) in [6, 6.07) is 0. The lowest BCUT2D eigenvalue weighted by Crippen LogP contribution is -2.65. The molecule has 0 N–H and O–H groups in total. The molecule has 0 amide bonds. The Morgan fingerprint density at radius 1 is 0.655 bits per heavy atom. The van der Waals surface area contributed by atoms with Gasteiger partial charge in [-0.3, -0.25) is 0 Å². The van der Waals surface area contributed by atoms with Gasteiger partial charge in [-0.05, 0) is 73.1 Å². The van der Waals surface area contributed by atoms with Crippen molar-refractivity contribution in [2.75, 3.05) is 19.8 Å². The molecule has 0 aliphatic rings. The molecule has 0 saturated heterocycles. The van der Waals surface area contributed by atoms with Crippen molar-refractivity contribution in [3.63, 3.8) is 0 Å². The van der Waals surface area contributed by atoms with E-state index in [0.717, 1.165) is 0 Å². The van der Waals surface area contributed by atoms with Crippen LogP contribution in [0.15, 0.2) is 0 Å². The summed E-state index contributed by atoms with van der Waals surface area (Å²) in [4.78, 5) is 0. The molecule has 0 rings (SSSR count). The number of hydrogen-bond acceptors (Lipinski definition) is 7. The first-order valence-corrected chi connectivity index (χ1v) is 25.7. The molecule has 0 spiro atoms. The first-order valence-electron chi connectivity index (χ1n) is 10.9. The zero-order valence-corrected chi connectivity index (χ0v) is 27.3. The molecule has 0 aliphatic heterocycles. The maximum atomic E-state index is 6.87. The van der Waals surface area contributed by atoms with Gasteiger partial charge in [0.1, 0.15) is 0 Å². The largest absolute Gasteiger partial charge is 0.636 e. The second-order valence-corrected chi connectivity index (χ2v) is 26.9. The molecule has 0 aromatic carbocycles. The van der Waals surface area contributed by atoms with Crippen LogP contribution in [0, 0.1) is 0 Å². The van der Waals surface area contributed by atoms with E-state index in [9.17, 15) is 0 Å². The van der Waals surface area contributed by atoms with Crippen LogP contribution in [0.3, 0.4) is 0 Å². The molecular formula is C16H46O7Si6. The van der Waals surface area contributed by atoms with Crippen molar-refractivity contribution in [2.45, 2.75) is 85.2 Å². The van der Waals surface area contributed by atoms with Crippen LogP contribution < -0.4 is 0 Å². The summed E-state index contributed by atoms with van der Waals surface area (Å²) in [5.74, 6) is 0. The molecule has 0 heterocycles. The third kappa shape index (κ3) is 10.0. The minimum atomic E-state index is -3.23. The monoisotopic (exact) mass is 518 g/mol. The molecule has 29 heavy (non-hydrogen) atoms. The van der Waals surface area contributed by atoms with Crippen LogP contribution in [-0.4, -0.2) is 73.1 Å². The highest BCUT2D eigenvalue weighted by Crippen LogP contribution is 2.37. The van der Waals surface area contributed by atoms with Gasteiger partial charge in [-0.1, -0.05) is 6.92 Å². The normalized spacial score (nSPS) is 15.0. The predicted octanol–water partition coefficient (Wildman–Crippen LogP) is 3.62. The van der Waals surface area contributed by atoms with Crippen molar-refractivity contribution in [3.8, 4) is 0 Å². The summed E-state index contributed by atoms with van der Waals surface area (Å²) >= 11 is 0. The molecule has 1 atom stereocenters. The van der Waals surface area contributed by atoms with Crippen molar-refractivity contribution < 1.29 is 29.7 Å². The zero-order chi connectivity index (χ0) is 22.9. The van der Waals surface area contributed by atoms with Crippen molar-refractivity contribution in [1.29, 1.82) is 0 Å². The van der Waals surface area contributed by atoms with Gasteiger partial charge in [0.05, 0.1) is 0 Å². The van der Waals surface area contributed by atoms with E-state index in [2.05, 4.69) is 59.3 Å². The topological polar surface area (TPSA) is 64.6 Å². The van der Waals surface area contributed by atoms with E-state index in [-0.39, 0.29) is 5.16 Å². The molecule has 0 aromatic rings. The Morgan fingerprint density at radius 2 is 0.966 bits per heavy atom. The average Bonchev–Trinajstić information content (AvgIpc) is 2.51. The Balaban J connectivity index is 6.07. The lowest BCUT2D eigenvalue weighted by Gasteiger charge is -2.44. The molecule has 0 aromatic heterocycles. The molecule has 176 valence electrons. The van der Waals surface area contributed by atoms with Gasteiger partial charge in [-0.15, -0.1) is 0 Å². The average molecular weight is 519 g/mol. The molecule has 0 bridgehead atoms. The van der Waals surface area contributed by atoms with Gasteiger partial charge in [-0.25, -0.2) is 0 Å². The Hall–Kier alpha value is 1.02. The highest BCUT2D eigenvalue weighted by molar-refractivity contribution is 6.92. The molecule has 0 fully saturated rings. The number of hydrogen-bond donors (Lipinski definition) is 0. The molecular weight excluding hydrogens is 473 g/mol. The molecule has 0 saturated carbocycles. The first-order chi connectivity index (χ1) is 13.3. The van der Waals surface area contributed by atoms with Crippen LogP contribution in [0.1, 0.15) is 27.7 Å². The minimum Gasteiger partial charge on any atom is -0.399 e. The van der Waals surface area contributed by atoms with Gasteiger partial charge in [0.15, 0.2) is 35.4 Å². The molecule has 0 aliphatic carbocycles. The first kappa shape index (κ1) is 30.0. The van der Waals surface area contributed by atoms with Gasteiger partial charge in [0.2, 0.25) is 0 Å².